The van der Waals surface area contributed by atoms with Crippen molar-refractivity contribution in [1.82, 2.24) is 9.78 Å². The molecule has 1 saturated heterocycles. The zero-order valence-electron chi connectivity index (χ0n) is 9.92. The number of anilines is 1. The number of imide groups is 1. The van der Waals surface area contributed by atoms with E-state index in [9.17, 15) is 14.4 Å². The number of aromatic nitrogens is 2. The van der Waals surface area contributed by atoms with Gasteiger partial charge in [-0.3, -0.25) is 14.3 Å². The van der Waals surface area contributed by atoms with Crippen molar-refractivity contribution in [2.45, 2.75) is 25.7 Å². The molecule has 0 unspecified atom stereocenters. The maximum absolute atomic E-state index is 11.9. The van der Waals surface area contributed by atoms with Gasteiger partial charge in [0, 0.05) is 19.9 Å². The molecule has 0 radical (unpaired) electrons. The number of rotatable bonds is 2. The highest BCUT2D eigenvalue weighted by Crippen LogP contribution is 2.24. The lowest BCUT2D eigenvalue weighted by molar-refractivity contribution is -0.125. The van der Waals surface area contributed by atoms with Gasteiger partial charge in [-0.05, 0) is 12.8 Å². The van der Waals surface area contributed by atoms with E-state index < -0.39 is 5.97 Å². The number of aryl methyl sites for hydroxylation is 1. The van der Waals surface area contributed by atoms with Crippen LogP contribution in [0.25, 0.3) is 0 Å². The summed E-state index contributed by atoms with van der Waals surface area (Å²) in [4.78, 5) is 35.9. The number of carboxylic acids is 1. The van der Waals surface area contributed by atoms with Gasteiger partial charge in [0.25, 0.3) is 0 Å². The van der Waals surface area contributed by atoms with E-state index in [0.29, 0.717) is 12.8 Å². The summed E-state index contributed by atoms with van der Waals surface area (Å²) in [5.74, 6) is -1.91. The third kappa shape index (κ3) is 1.99. The van der Waals surface area contributed by atoms with Crippen molar-refractivity contribution in [3.05, 3.63) is 11.8 Å². The largest absolute Gasteiger partial charge is 0.477 e. The van der Waals surface area contributed by atoms with Crippen LogP contribution in [-0.2, 0) is 16.6 Å². The molecule has 0 atom stereocenters. The van der Waals surface area contributed by atoms with E-state index in [2.05, 4.69) is 5.10 Å². The molecule has 0 spiro atoms. The number of carbonyl (C=O) groups excluding carboxylic acids is 2. The van der Waals surface area contributed by atoms with Crippen LogP contribution >= 0.6 is 0 Å². The second-order valence-electron chi connectivity index (χ2n) is 4.14. The maximum atomic E-state index is 11.9. The van der Waals surface area contributed by atoms with Gasteiger partial charge in [0.15, 0.2) is 5.82 Å². The molecule has 0 bridgehead atoms. The van der Waals surface area contributed by atoms with E-state index in [1.165, 1.54) is 11.7 Å². The van der Waals surface area contributed by atoms with Crippen molar-refractivity contribution in [3.63, 3.8) is 0 Å². The van der Waals surface area contributed by atoms with Gasteiger partial charge in [0.1, 0.15) is 5.56 Å². The summed E-state index contributed by atoms with van der Waals surface area (Å²) in [6, 6.07) is 0. The molecule has 7 heteroatoms. The Balaban J connectivity index is 2.51. The minimum atomic E-state index is -1.21. The second-order valence-corrected chi connectivity index (χ2v) is 4.14. The van der Waals surface area contributed by atoms with Gasteiger partial charge in [0.05, 0.1) is 6.20 Å². The Labute approximate surface area is 103 Å². The van der Waals surface area contributed by atoms with Crippen LogP contribution in [0, 0.1) is 0 Å². The number of nitrogens with zero attached hydrogens (tertiary/aromatic N) is 3. The minimum absolute atomic E-state index is 0.0411. The molecule has 2 rings (SSSR count). The van der Waals surface area contributed by atoms with Crippen molar-refractivity contribution < 1.29 is 19.5 Å². The number of carboxylic acid groups (broad SMARTS) is 1. The Hall–Kier alpha value is -2.18. The van der Waals surface area contributed by atoms with Crippen LogP contribution in [0.15, 0.2) is 6.20 Å². The third-order valence-corrected chi connectivity index (χ3v) is 2.88. The maximum Gasteiger partial charge on any atom is 0.341 e. The summed E-state index contributed by atoms with van der Waals surface area (Å²) < 4.78 is 1.24. The Kier molecular flexibility index (Phi) is 3.14. The number of hydrogen-bond acceptors (Lipinski definition) is 4. The van der Waals surface area contributed by atoms with Crippen LogP contribution in [0.5, 0.6) is 0 Å². The quantitative estimate of drug-likeness (QED) is 0.775. The Bertz CT molecular complexity index is 502. The second kappa shape index (κ2) is 4.59. The summed E-state index contributed by atoms with van der Waals surface area (Å²) >= 11 is 0. The number of carbonyl (C=O) groups is 3. The number of amides is 2. The van der Waals surface area contributed by atoms with Crippen molar-refractivity contribution in [2.24, 2.45) is 7.05 Å². The zero-order chi connectivity index (χ0) is 13.3. The van der Waals surface area contributed by atoms with Gasteiger partial charge in [-0.25, -0.2) is 9.69 Å². The van der Waals surface area contributed by atoms with Crippen LogP contribution in [-0.4, -0.2) is 32.7 Å². The Morgan fingerprint density at radius 3 is 2.33 bits per heavy atom. The highest BCUT2D eigenvalue weighted by Gasteiger charge is 2.31. The summed E-state index contributed by atoms with van der Waals surface area (Å²) in [7, 11) is 1.51. The molecule has 0 aromatic carbocycles. The third-order valence-electron chi connectivity index (χ3n) is 2.88. The van der Waals surface area contributed by atoms with Crippen LogP contribution in [0.4, 0.5) is 5.82 Å². The zero-order valence-corrected chi connectivity index (χ0v) is 9.92. The first kappa shape index (κ1) is 12.3. The van der Waals surface area contributed by atoms with E-state index in [-0.39, 0.29) is 36.0 Å². The molecule has 1 aromatic rings. The van der Waals surface area contributed by atoms with Gasteiger partial charge >= 0.3 is 5.97 Å². The molecule has 1 N–H and O–H groups in total. The first-order valence-corrected chi connectivity index (χ1v) is 5.63. The Morgan fingerprint density at radius 1 is 1.28 bits per heavy atom. The van der Waals surface area contributed by atoms with Gasteiger partial charge in [0.2, 0.25) is 11.8 Å². The van der Waals surface area contributed by atoms with Crippen molar-refractivity contribution in [1.29, 1.82) is 0 Å². The summed E-state index contributed by atoms with van der Waals surface area (Å²) in [5.41, 5.74) is -0.138. The van der Waals surface area contributed by atoms with Crippen LogP contribution in [0.2, 0.25) is 0 Å². The lowest BCUT2D eigenvalue weighted by Crippen LogP contribution is -2.37. The molecule has 0 saturated carbocycles. The summed E-state index contributed by atoms with van der Waals surface area (Å²) in [5, 5.41) is 12.9. The first-order chi connectivity index (χ1) is 8.52. The van der Waals surface area contributed by atoms with Gasteiger partial charge in [-0.2, -0.15) is 5.10 Å². The normalized spacial score (nSPS) is 16.8. The van der Waals surface area contributed by atoms with E-state index in [4.69, 9.17) is 5.11 Å². The molecular formula is C11H13N3O4. The monoisotopic (exact) mass is 251 g/mol. The molecule has 18 heavy (non-hydrogen) atoms. The first-order valence-electron chi connectivity index (χ1n) is 5.63. The highest BCUT2D eigenvalue weighted by atomic mass is 16.4. The molecule has 1 aliphatic heterocycles. The van der Waals surface area contributed by atoms with Crippen molar-refractivity contribution in [2.75, 3.05) is 4.90 Å². The van der Waals surface area contributed by atoms with Crippen LogP contribution in [0.3, 0.4) is 0 Å². The van der Waals surface area contributed by atoms with E-state index in [1.54, 1.807) is 0 Å². The van der Waals surface area contributed by atoms with Gasteiger partial charge < -0.3 is 5.11 Å². The molecule has 0 aliphatic carbocycles. The lowest BCUT2D eigenvalue weighted by atomic mass is 10.2. The molecule has 7 nitrogen and oxygen atoms in total. The summed E-state index contributed by atoms with van der Waals surface area (Å²) in [6.07, 6.45) is 2.91. The van der Waals surface area contributed by atoms with Crippen LogP contribution < -0.4 is 4.90 Å². The van der Waals surface area contributed by atoms with Crippen molar-refractivity contribution >= 4 is 23.6 Å². The fourth-order valence-electron chi connectivity index (χ4n) is 2.00. The predicted molar refractivity (Wildman–Crippen MR) is 61.1 cm³/mol. The average molecular weight is 251 g/mol. The molecule has 2 amide bonds. The van der Waals surface area contributed by atoms with Crippen molar-refractivity contribution in [3.8, 4) is 0 Å². The standard InChI is InChI=1S/C11H13N3O4/c1-13-10(7(6-12-13)11(17)18)14-8(15)4-2-3-5-9(14)16/h6H,2-5H2,1H3,(H,17,18). The lowest BCUT2D eigenvalue weighted by Gasteiger charge is -2.19. The number of aromatic carboxylic acids is 1. The van der Waals surface area contributed by atoms with Gasteiger partial charge in [-0.1, -0.05) is 0 Å². The SMILES string of the molecule is Cn1ncc(C(=O)O)c1N1C(=O)CCCCC1=O. The molecule has 1 aromatic heterocycles. The van der Waals surface area contributed by atoms with E-state index in [0.717, 1.165) is 11.1 Å². The summed E-state index contributed by atoms with van der Waals surface area (Å²) in [6.45, 7) is 0. The predicted octanol–water partition coefficient (Wildman–Crippen LogP) is 0.552. The molecule has 1 aliphatic rings. The highest BCUT2D eigenvalue weighted by molar-refractivity contribution is 6.17. The molecule has 2 heterocycles. The average Bonchev–Trinajstić information content (AvgIpc) is 2.59. The minimum Gasteiger partial charge on any atom is -0.477 e. The van der Waals surface area contributed by atoms with Crippen LogP contribution in [0.1, 0.15) is 36.0 Å². The van der Waals surface area contributed by atoms with E-state index >= 15 is 0 Å². The molecule has 1 fully saturated rings. The fraction of sp³-hybridized carbons (Fsp3) is 0.455. The number of hydrogen-bond donors (Lipinski definition) is 1. The van der Waals surface area contributed by atoms with E-state index in [1.807, 2.05) is 0 Å². The Morgan fingerprint density at radius 2 is 1.83 bits per heavy atom. The molecular weight excluding hydrogens is 238 g/mol. The van der Waals surface area contributed by atoms with Gasteiger partial charge in [-0.15, -0.1) is 0 Å². The topological polar surface area (TPSA) is 92.5 Å². The fourth-order valence-corrected chi connectivity index (χ4v) is 2.00. The molecule has 96 valence electrons. The smallest absolute Gasteiger partial charge is 0.341 e.